The van der Waals surface area contributed by atoms with Gasteiger partial charge in [0.15, 0.2) is 0 Å². The van der Waals surface area contributed by atoms with Crippen LogP contribution in [0, 0.1) is 0 Å². The van der Waals surface area contributed by atoms with Crippen molar-refractivity contribution in [2.24, 2.45) is 0 Å². The molecule has 4 rings (SSSR count). The number of ether oxygens (including phenoxy) is 1. The zero-order chi connectivity index (χ0) is 22.2. The van der Waals surface area contributed by atoms with E-state index in [1.165, 1.54) is 12.1 Å². The summed E-state index contributed by atoms with van der Waals surface area (Å²) in [5.41, 5.74) is 0.914. The van der Waals surface area contributed by atoms with Crippen molar-refractivity contribution in [1.82, 2.24) is 9.21 Å². The standard InChI is InChI=1S/C21H20Cl2N2O5S/c22-17-12-18(23)19(11-16(17)21(27)24-6-8-30-9-7-24)31(28,29)25-13-15(10-20(25)26)14-4-2-1-3-5-14/h1-5,11-12,15H,6-10,13H2/t15-/m0/s1. The highest BCUT2D eigenvalue weighted by Gasteiger charge is 2.40. The molecule has 0 saturated carbocycles. The number of carbonyl (C=O) groups excluding carboxylic acids is 2. The molecule has 10 heteroatoms. The van der Waals surface area contributed by atoms with Crippen LogP contribution >= 0.6 is 23.2 Å². The van der Waals surface area contributed by atoms with Gasteiger partial charge < -0.3 is 9.64 Å². The minimum atomic E-state index is -4.27. The summed E-state index contributed by atoms with van der Waals surface area (Å²) in [6.07, 6.45) is 0.0774. The van der Waals surface area contributed by atoms with E-state index in [-0.39, 0.29) is 39.4 Å². The average Bonchev–Trinajstić information content (AvgIpc) is 3.17. The van der Waals surface area contributed by atoms with Gasteiger partial charge in [-0.2, -0.15) is 0 Å². The first-order chi connectivity index (χ1) is 14.8. The van der Waals surface area contributed by atoms with E-state index in [9.17, 15) is 18.0 Å². The second-order valence-electron chi connectivity index (χ2n) is 7.41. The lowest BCUT2D eigenvalue weighted by molar-refractivity contribution is -0.123. The third-order valence-electron chi connectivity index (χ3n) is 5.47. The Hall–Kier alpha value is -2.13. The lowest BCUT2D eigenvalue weighted by Crippen LogP contribution is -2.41. The van der Waals surface area contributed by atoms with E-state index in [1.54, 1.807) is 4.90 Å². The molecule has 31 heavy (non-hydrogen) atoms. The van der Waals surface area contributed by atoms with Gasteiger partial charge in [0.25, 0.3) is 15.9 Å². The molecule has 0 radical (unpaired) electrons. The van der Waals surface area contributed by atoms with E-state index < -0.39 is 21.8 Å². The maximum Gasteiger partial charge on any atom is 0.268 e. The van der Waals surface area contributed by atoms with Crippen molar-refractivity contribution in [2.75, 3.05) is 32.8 Å². The average molecular weight is 483 g/mol. The summed E-state index contributed by atoms with van der Waals surface area (Å²) in [5.74, 6) is -1.17. The van der Waals surface area contributed by atoms with Crippen molar-refractivity contribution in [3.8, 4) is 0 Å². The number of hydrogen-bond acceptors (Lipinski definition) is 5. The minimum absolute atomic E-state index is 0.0108. The molecule has 2 aromatic rings. The van der Waals surface area contributed by atoms with Gasteiger partial charge in [0.05, 0.1) is 28.8 Å². The summed E-state index contributed by atoms with van der Waals surface area (Å²) in [7, 11) is -4.27. The first kappa shape index (κ1) is 22.1. The molecule has 0 bridgehead atoms. The predicted molar refractivity (Wildman–Crippen MR) is 116 cm³/mol. The molecule has 1 atom stereocenters. The van der Waals surface area contributed by atoms with Crippen LogP contribution in [0.25, 0.3) is 0 Å². The molecule has 2 aromatic carbocycles. The van der Waals surface area contributed by atoms with Crippen LogP contribution in [0.1, 0.15) is 28.3 Å². The summed E-state index contributed by atoms with van der Waals surface area (Å²) >= 11 is 12.4. The van der Waals surface area contributed by atoms with Crippen LogP contribution in [0.3, 0.4) is 0 Å². The van der Waals surface area contributed by atoms with Crippen molar-refractivity contribution in [3.63, 3.8) is 0 Å². The SMILES string of the molecule is O=C(c1cc(S(=O)(=O)N2C[C@@H](c3ccccc3)CC2=O)c(Cl)cc1Cl)N1CCOCC1. The highest BCUT2D eigenvalue weighted by Crippen LogP contribution is 2.36. The zero-order valence-corrected chi connectivity index (χ0v) is 18.8. The Bertz CT molecular complexity index is 1120. The highest BCUT2D eigenvalue weighted by atomic mass is 35.5. The van der Waals surface area contributed by atoms with Crippen LogP contribution in [0.15, 0.2) is 47.4 Å². The summed E-state index contributed by atoms with van der Waals surface area (Å²) in [6.45, 7) is 1.56. The quantitative estimate of drug-likeness (QED) is 0.667. The fourth-order valence-corrected chi connectivity index (χ4v) is 6.09. The Morgan fingerprint density at radius 2 is 1.71 bits per heavy atom. The number of nitrogens with zero attached hydrogens (tertiary/aromatic N) is 2. The molecular weight excluding hydrogens is 463 g/mol. The van der Waals surface area contributed by atoms with Crippen LogP contribution in [-0.2, 0) is 19.6 Å². The Morgan fingerprint density at radius 3 is 2.39 bits per heavy atom. The minimum Gasteiger partial charge on any atom is -0.378 e. The van der Waals surface area contributed by atoms with Crippen LogP contribution in [0.2, 0.25) is 10.0 Å². The topological polar surface area (TPSA) is 84.0 Å². The molecule has 2 heterocycles. The Kier molecular flexibility index (Phi) is 6.25. The summed E-state index contributed by atoms with van der Waals surface area (Å²) in [5, 5.41) is -0.0881. The molecule has 164 valence electrons. The van der Waals surface area contributed by atoms with Crippen LogP contribution in [0.5, 0.6) is 0 Å². The molecule has 0 unspecified atom stereocenters. The monoisotopic (exact) mass is 482 g/mol. The molecular formula is C21H20Cl2N2O5S. The van der Waals surface area contributed by atoms with E-state index >= 15 is 0 Å². The Balaban J connectivity index is 1.66. The van der Waals surface area contributed by atoms with E-state index in [4.69, 9.17) is 27.9 Å². The maximum atomic E-state index is 13.3. The molecule has 2 amide bonds. The van der Waals surface area contributed by atoms with Gasteiger partial charge in [0, 0.05) is 32.0 Å². The van der Waals surface area contributed by atoms with Gasteiger partial charge in [-0.1, -0.05) is 53.5 Å². The molecule has 0 N–H and O–H groups in total. The number of morpholine rings is 1. The molecule has 2 saturated heterocycles. The predicted octanol–water partition coefficient (Wildman–Crippen LogP) is 3.17. The molecule has 2 aliphatic rings. The fraction of sp³-hybridized carbons (Fsp3) is 0.333. The van der Waals surface area contributed by atoms with Crippen LogP contribution in [-0.4, -0.2) is 62.3 Å². The van der Waals surface area contributed by atoms with Gasteiger partial charge >= 0.3 is 0 Å². The molecule has 7 nitrogen and oxygen atoms in total. The van der Waals surface area contributed by atoms with E-state index in [2.05, 4.69) is 0 Å². The third-order valence-corrected chi connectivity index (χ3v) is 8.04. The number of benzene rings is 2. The van der Waals surface area contributed by atoms with Crippen molar-refractivity contribution in [3.05, 3.63) is 63.6 Å². The molecule has 0 aromatic heterocycles. The van der Waals surface area contributed by atoms with Crippen molar-refractivity contribution >= 4 is 45.0 Å². The molecule has 0 spiro atoms. The van der Waals surface area contributed by atoms with Crippen LogP contribution in [0.4, 0.5) is 0 Å². The number of rotatable bonds is 4. The maximum absolute atomic E-state index is 13.3. The number of hydrogen-bond donors (Lipinski definition) is 0. The van der Waals surface area contributed by atoms with Crippen LogP contribution < -0.4 is 0 Å². The van der Waals surface area contributed by atoms with Crippen molar-refractivity contribution in [2.45, 2.75) is 17.2 Å². The van der Waals surface area contributed by atoms with Gasteiger partial charge in [-0.15, -0.1) is 0 Å². The molecule has 0 aliphatic carbocycles. The number of carbonyl (C=O) groups is 2. The third kappa shape index (κ3) is 4.30. The first-order valence-corrected chi connectivity index (χ1v) is 11.9. The lowest BCUT2D eigenvalue weighted by Gasteiger charge is -2.27. The highest BCUT2D eigenvalue weighted by molar-refractivity contribution is 7.89. The number of sulfonamides is 1. The lowest BCUT2D eigenvalue weighted by atomic mass is 9.99. The molecule has 2 fully saturated rings. The van der Waals surface area contributed by atoms with Gasteiger partial charge in [-0.05, 0) is 17.7 Å². The normalized spacial score (nSPS) is 19.7. The Labute approximate surface area is 190 Å². The van der Waals surface area contributed by atoms with Gasteiger partial charge in [-0.25, -0.2) is 12.7 Å². The van der Waals surface area contributed by atoms with Crippen molar-refractivity contribution in [1.29, 1.82) is 0 Å². The summed E-state index contributed by atoms with van der Waals surface area (Å²) in [4.78, 5) is 26.7. The van der Waals surface area contributed by atoms with Gasteiger partial charge in [0.2, 0.25) is 5.91 Å². The first-order valence-electron chi connectivity index (χ1n) is 9.75. The second-order valence-corrected chi connectivity index (χ2v) is 10.1. The largest absolute Gasteiger partial charge is 0.378 e. The Morgan fingerprint density at radius 1 is 1.03 bits per heavy atom. The van der Waals surface area contributed by atoms with Gasteiger partial charge in [-0.3, -0.25) is 9.59 Å². The van der Waals surface area contributed by atoms with Crippen molar-refractivity contribution < 1.29 is 22.7 Å². The smallest absolute Gasteiger partial charge is 0.268 e. The van der Waals surface area contributed by atoms with E-state index in [1.807, 2.05) is 30.3 Å². The van der Waals surface area contributed by atoms with Gasteiger partial charge in [0.1, 0.15) is 4.90 Å². The number of amides is 2. The summed E-state index contributed by atoms with van der Waals surface area (Å²) in [6, 6.07) is 11.7. The van der Waals surface area contributed by atoms with E-state index in [0.29, 0.717) is 26.3 Å². The summed E-state index contributed by atoms with van der Waals surface area (Å²) < 4.78 is 32.8. The second kappa shape index (κ2) is 8.78. The number of halogens is 2. The fourth-order valence-electron chi connectivity index (χ4n) is 3.81. The van der Waals surface area contributed by atoms with E-state index in [0.717, 1.165) is 9.87 Å². The zero-order valence-electron chi connectivity index (χ0n) is 16.5. The molecule has 2 aliphatic heterocycles.